The molecule has 2 N–H and O–H groups in total. The van der Waals surface area contributed by atoms with E-state index in [1.165, 1.54) is 18.4 Å². The lowest BCUT2D eigenvalue weighted by Gasteiger charge is -2.15. The maximum Gasteiger partial charge on any atom is 0.167 e. The Hall–Kier alpha value is -1.84. The number of para-hydroxylation sites is 1. The molecule has 1 saturated carbocycles. The Morgan fingerprint density at radius 1 is 1.09 bits per heavy atom. The monoisotopic (exact) mass is 314 g/mol. The van der Waals surface area contributed by atoms with Crippen LogP contribution in [0.25, 0.3) is 22.2 Å². The van der Waals surface area contributed by atoms with Gasteiger partial charge in [-0.15, -0.1) is 12.4 Å². The maximum absolute atomic E-state index is 6.43. The van der Waals surface area contributed by atoms with Gasteiger partial charge in [0.2, 0.25) is 0 Å². The first-order valence-corrected chi connectivity index (χ1v) is 7.52. The predicted octanol–water partition coefficient (Wildman–Crippen LogP) is 4.72. The lowest BCUT2D eigenvalue weighted by Crippen LogP contribution is -2.12. The Balaban J connectivity index is 0.00000144. The molecule has 0 bridgehead atoms. The zero-order chi connectivity index (χ0) is 14.2. The van der Waals surface area contributed by atoms with E-state index in [4.69, 9.17) is 10.3 Å². The number of nitrogens with zero attached hydrogens (tertiary/aromatic N) is 1. The second-order valence-corrected chi connectivity index (χ2v) is 5.90. The van der Waals surface area contributed by atoms with E-state index < -0.39 is 0 Å². The molecule has 1 unspecified atom stereocenters. The molecule has 0 spiro atoms. The fourth-order valence-electron chi connectivity index (χ4n) is 2.96. The smallest absolute Gasteiger partial charge is 0.167 e. The Bertz CT molecular complexity index is 779. The largest absolute Gasteiger partial charge is 0.356 e. The van der Waals surface area contributed by atoms with E-state index in [1.807, 2.05) is 36.4 Å². The minimum Gasteiger partial charge on any atom is -0.356 e. The summed E-state index contributed by atoms with van der Waals surface area (Å²) in [6.45, 7) is 0. The molecule has 4 rings (SSSR count). The summed E-state index contributed by atoms with van der Waals surface area (Å²) in [6.07, 6.45) is 3.71. The molecule has 3 aromatic rings. The molecule has 114 valence electrons. The van der Waals surface area contributed by atoms with Crippen LogP contribution < -0.4 is 5.73 Å². The van der Waals surface area contributed by atoms with Crippen molar-refractivity contribution in [1.29, 1.82) is 0 Å². The quantitative estimate of drug-likeness (QED) is 0.758. The number of hydrogen-bond donors (Lipinski definition) is 1. The van der Waals surface area contributed by atoms with Crippen LogP contribution in [0.3, 0.4) is 0 Å². The van der Waals surface area contributed by atoms with Crippen LogP contribution in [0.2, 0.25) is 0 Å². The van der Waals surface area contributed by atoms with E-state index in [0.29, 0.717) is 0 Å². The molecule has 1 aromatic heterocycles. The SMILES string of the molecule is Cl.NC(CC1CC1)c1ccccc1-c1noc2ccccc12. The van der Waals surface area contributed by atoms with Crippen LogP contribution >= 0.6 is 12.4 Å². The van der Waals surface area contributed by atoms with E-state index >= 15 is 0 Å². The Morgan fingerprint density at radius 2 is 1.82 bits per heavy atom. The summed E-state index contributed by atoms with van der Waals surface area (Å²) in [5.41, 5.74) is 10.4. The molecular weight excluding hydrogens is 296 g/mol. The number of aromatic nitrogens is 1. The van der Waals surface area contributed by atoms with Crippen molar-refractivity contribution in [3.8, 4) is 11.3 Å². The van der Waals surface area contributed by atoms with Gasteiger partial charge in [0.1, 0.15) is 5.69 Å². The normalized spacial score (nSPS) is 15.5. The van der Waals surface area contributed by atoms with Gasteiger partial charge in [-0.2, -0.15) is 0 Å². The maximum atomic E-state index is 6.43. The van der Waals surface area contributed by atoms with Crippen LogP contribution in [0.1, 0.15) is 30.9 Å². The van der Waals surface area contributed by atoms with Crippen molar-refractivity contribution >= 4 is 23.4 Å². The number of rotatable bonds is 4. The molecule has 4 heteroatoms. The molecule has 2 aromatic carbocycles. The second-order valence-electron chi connectivity index (χ2n) is 5.90. The van der Waals surface area contributed by atoms with Crippen LogP contribution in [-0.2, 0) is 0 Å². The lowest BCUT2D eigenvalue weighted by molar-refractivity contribution is 0.459. The van der Waals surface area contributed by atoms with Gasteiger partial charge in [-0.1, -0.05) is 54.4 Å². The lowest BCUT2D eigenvalue weighted by atomic mass is 9.94. The van der Waals surface area contributed by atoms with Crippen molar-refractivity contribution in [3.05, 3.63) is 54.1 Å². The van der Waals surface area contributed by atoms with Gasteiger partial charge in [0, 0.05) is 17.0 Å². The molecule has 22 heavy (non-hydrogen) atoms. The van der Waals surface area contributed by atoms with Gasteiger partial charge in [-0.05, 0) is 30.0 Å². The summed E-state index contributed by atoms with van der Waals surface area (Å²) in [6, 6.07) is 16.3. The van der Waals surface area contributed by atoms with Gasteiger partial charge in [0.05, 0.1) is 0 Å². The fraction of sp³-hybridized carbons (Fsp3) is 0.278. The minimum absolute atomic E-state index is 0. The third kappa shape index (κ3) is 2.74. The van der Waals surface area contributed by atoms with Crippen molar-refractivity contribution in [3.63, 3.8) is 0 Å². The van der Waals surface area contributed by atoms with E-state index in [9.17, 15) is 0 Å². The van der Waals surface area contributed by atoms with Crippen molar-refractivity contribution in [1.82, 2.24) is 5.16 Å². The zero-order valence-corrected chi connectivity index (χ0v) is 13.1. The number of fused-ring (bicyclic) bond motifs is 1. The van der Waals surface area contributed by atoms with Gasteiger partial charge in [-0.3, -0.25) is 0 Å². The van der Waals surface area contributed by atoms with Crippen LogP contribution in [0.15, 0.2) is 53.1 Å². The summed E-state index contributed by atoms with van der Waals surface area (Å²) in [5, 5.41) is 5.32. The Labute approximate surface area is 135 Å². The van der Waals surface area contributed by atoms with Crippen LogP contribution in [0.5, 0.6) is 0 Å². The van der Waals surface area contributed by atoms with Gasteiger partial charge >= 0.3 is 0 Å². The average molecular weight is 315 g/mol. The van der Waals surface area contributed by atoms with E-state index in [2.05, 4.69) is 17.3 Å². The van der Waals surface area contributed by atoms with Crippen molar-refractivity contribution in [2.24, 2.45) is 11.7 Å². The van der Waals surface area contributed by atoms with Crippen molar-refractivity contribution in [2.75, 3.05) is 0 Å². The summed E-state index contributed by atoms with van der Waals surface area (Å²) in [5.74, 6) is 0.808. The first-order valence-electron chi connectivity index (χ1n) is 7.52. The number of nitrogens with two attached hydrogens (primary N) is 1. The van der Waals surface area contributed by atoms with Gasteiger partial charge in [0.15, 0.2) is 5.58 Å². The molecule has 0 saturated heterocycles. The first-order chi connectivity index (χ1) is 10.3. The molecule has 0 radical (unpaired) electrons. The second kappa shape index (κ2) is 6.11. The predicted molar refractivity (Wildman–Crippen MR) is 91.0 cm³/mol. The number of halogens is 1. The summed E-state index contributed by atoms with van der Waals surface area (Å²) in [4.78, 5) is 0. The Kier molecular flexibility index (Phi) is 4.19. The van der Waals surface area contributed by atoms with Crippen molar-refractivity contribution in [2.45, 2.75) is 25.3 Å². The Morgan fingerprint density at radius 3 is 2.64 bits per heavy atom. The number of benzene rings is 2. The molecule has 0 amide bonds. The van der Waals surface area contributed by atoms with E-state index in [0.717, 1.165) is 34.6 Å². The van der Waals surface area contributed by atoms with E-state index in [-0.39, 0.29) is 18.4 Å². The first kappa shape index (κ1) is 15.1. The summed E-state index contributed by atoms with van der Waals surface area (Å²) in [7, 11) is 0. The van der Waals surface area contributed by atoms with Crippen LogP contribution in [0, 0.1) is 5.92 Å². The molecule has 1 aliphatic rings. The molecule has 0 aliphatic heterocycles. The molecule has 1 aliphatic carbocycles. The zero-order valence-electron chi connectivity index (χ0n) is 12.2. The van der Waals surface area contributed by atoms with Gasteiger partial charge in [0.25, 0.3) is 0 Å². The third-order valence-corrected chi connectivity index (χ3v) is 4.28. The van der Waals surface area contributed by atoms with Gasteiger partial charge in [-0.25, -0.2) is 0 Å². The summed E-state index contributed by atoms with van der Waals surface area (Å²) >= 11 is 0. The van der Waals surface area contributed by atoms with E-state index in [1.54, 1.807) is 0 Å². The molecule has 1 heterocycles. The summed E-state index contributed by atoms with van der Waals surface area (Å²) < 4.78 is 5.44. The highest BCUT2D eigenvalue weighted by Crippen LogP contribution is 2.39. The van der Waals surface area contributed by atoms with Crippen molar-refractivity contribution < 1.29 is 4.52 Å². The van der Waals surface area contributed by atoms with Crippen LogP contribution in [-0.4, -0.2) is 5.16 Å². The topological polar surface area (TPSA) is 52.0 Å². The molecule has 1 fully saturated rings. The molecule has 3 nitrogen and oxygen atoms in total. The highest BCUT2D eigenvalue weighted by Gasteiger charge is 2.26. The van der Waals surface area contributed by atoms with Crippen LogP contribution in [0.4, 0.5) is 0 Å². The molecule has 1 atom stereocenters. The standard InChI is InChI=1S/C18H18N2O.ClH/c19-16(11-12-9-10-12)13-5-1-2-6-14(13)18-15-7-3-4-8-17(15)21-20-18;/h1-8,12,16H,9-11,19H2;1H. The van der Waals surface area contributed by atoms with Gasteiger partial charge < -0.3 is 10.3 Å². The average Bonchev–Trinajstić information content (AvgIpc) is 3.23. The highest BCUT2D eigenvalue weighted by atomic mass is 35.5. The number of hydrogen-bond acceptors (Lipinski definition) is 3. The third-order valence-electron chi connectivity index (χ3n) is 4.28. The fourth-order valence-corrected chi connectivity index (χ4v) is 2.96. The molecular formula is C18H19ClN2O. The highest BCUT2D eigenvalue weighted by molar-refractivity contribution is 5.92. The minimum atomic E-state index is 0.